The van der Waals surface area contributed by atoms with Crippen molar-refractivity contribution in [3.8, 4) is 0 Å². The number of amides is 3. The van der Waals surface area contributed by atoms with Crippen LogP contribution in [0.2, 0.25) is 0 Å². The van der Waals surface area contributed by atoms with Crippen LogP contribution in [0.15, 0.2) is 42.7 Å². The van der Waals surface area contributed by atoms with Gasteiger partial charge in [0.25, 0.3) is 0 Å². The van der Waals surface area contributed by atoms with Crippen LogP contribution in [0.4, 0.5) is 11.4 Å². The summed E-state index contributed by atoms with van der Waals surface area (Å²) >= 11 is 0. The van der Waals surface area contributed by atoms with Crippen molar-refractivity contribution in [2.24, 2.45) is 0 Å². The topological polar surface area (TPSA) is 105 Å². The summed E-state index contributed by atoms with van der Waals surface area (Å²) in [7, 11) is 0. The van der Waals surface area contributed by atoms with E-state index in [-0.39, 0.29) is 30.6 Å². The molecule has 2 rings (SSSR count). The lowest BCUT2D eigenvalue weighted by atomic mass is 10.2. The van der Waals surface area contributed by atoms with E-state index in [9.17, 15) is 14.4 Å². The highest BCUT2D eigenvalue weighted by molar-refractivity contribution is 5.96. The molecule has 1 atom stereocenters. The summed E-state index contributed by atoms with van der Waals surface area (Å²) in [6.45, 7) is 4.32. The van der Waals surface area contributed by atoms with Gasteiger partial charge < -0.3 is 16.0 Å². The molecule has 0 radical (unpaired) electrons. The van der Waals surface area contributed by atoms with Crippen molar-refractivity contribution < 1.29 is 14.4 Å². The standard InChI is InChI=1S/C19H25N5O3/c1-3-10-20-17(25)8-9-18(26)22-15-6-4-7-16(13-15)23-19(27)14(2)24-12-5-11-21-24/h4-7,11-14H,3,8-10H2,1-2H3,(H,20,25)(H,22,26)(H,23,27). The highest BCUT2D eigenvalue weighted by Gasteiger charge is 2.15. The first-order valence-corrected chi connectivity index (χ1v) is 8.96. The first kappa shape index (κ1) is 20.2. The maximum absolute atomic E-state index is 12.3. The predicted molar refractivity (Wildman–Crippen MR) is 103 cm³/mol. The van der Waals surface area contributed by atoms with Gasteiger partial charge in [0.05, 0.1) is 0 Å². The van der Waals surface area contributed by atoms with Crippen molar-refractivity contribution in [2.45, 2.75) is 39.2 Å². The molecular weight excluding hydrogens is 346 g/mol. The molecule has 0 saturated heterocycles. The van der Waals surface area contributed by atoms with Crippen LogP contribution in [0.3, 0.4) is 0 Å². The molecule has 0 aliphatic carbocycles. The summed E-state index contributed by atoms with van der Waals surface area (Å²) in [6, 6.07) is 8.16. The minimum atomic E-state index is -0.458. The second kappa shape index (κ2) is 10.1. The number of rotatable bonds is 9. The number of carbonyl (C=O) groups excluding carboxylic acids is 3. The lowest BCUT2D eigenvalue weighted by Gasteiger charge is -2.13. The first-order valence-electron chi connectivity index (χ1n) is 8.96. The Morgan fingerprint density at radius 2 is 1.78 bits per heavy atom. The molecule has 1 heterocycles. The number of hydrogen-bond acceptors (Lipinski definition) is 4. The third-order valence-corrected chi connectivity index (χ3v) is 3.87. The molecule has 0 aliphatic heterocycles. The average molecular weight is 371 g/mol. The van der Waals surface area contributed by atoms with Crippen molar-refractivity contribution in [3.05, 3.63) is 42.7 Å². The summed E-state index contributed by atoms with van der Waals surface area (Å²) in [5.41, 5.74) is 1.12. The molecule has 3 amide bonds. The molecule has 0 spiro atoms. The number of hydrogen-bond donors (Lipinski definition) is 3. The van der Waals surface area contributed by atoms with E-state index in [1.165, 1.54) is 0 Å². The summed E-state index contributed by atoms with van der Waals surface area (Å²) in [4.78, 5) is 35.9. The third-order valence-electron chi connectivity index (χ3n) is 3.87. The Hall–Kier alpha value is -3.16. The monoisotopic (exact) mass is 371 g/mol. The largest absolute Gasteiger partial charge is 0.356 e. The Kier molecular flexibility index (Phi) is 7.54. The van der Waals surface area contributed by atoms with Gasteiger partial charge in [-0.25, -0.2) is 0 Å². The van der Waals surface area contributed by atoms with E-state index < -0.39 is 6.04 Å². The van der Waals surface area contributed by atoms with E-state index in [0.717, 1.165) is 6.42 Å². The van der Waals surface area contributed by atoms with Crippen LogP contribution in [0.25, 0.3) is 0 Å². The smallest absolute Gasteiger partial charge is 0.248 e. The van der Waals surface area contributed by atoms with E-state index >= 15 is 0 Å². The quantitative estimate of drug-likeness (QED) is 0.629. The van der Waals surface area contributed by atoms with Crippen LogP contribution in [-0.4, -0.2) is 34.0 Å². The Balaban J connectivity index is 1.86. The maximum atomic E-state index is 12.3. The van der Waals surface area contributed by atoms with E-state index in [4.69, 9.17) is 0 Å². The lowest BCUT2D eigenvalue weighted by molar-refractivity contribution is -0.124. The second-order valence-corrected chi connectivity index (χ2v) is 6.13. The summed E-state index contributed by atoms with van der Waals surface area (Å²) in [5, 5.41) is 12.3. The molecule has 0 saturated carbocycles. The molecule has 8 heteroatoms. The molecule has 2 aromatic rings. The van der Waals surface area contributed by atoms with E-state index in [0.29, 0.717) is 17.9 Å². The zero-order valence-corrected chi connectivity index (χ0v) is 15.6. The van der Waals surface area contributed by atoms with Gasteiger partial charge >= 0.3 is 0 Å². The Bertz CT molecular complexity index is 773. The molecule has 1 aromatic carbocycles. The van der Waals surface area contributed by atoms with Crippen LogP contribution >= 0.6 is 0 Å². The minimum Gasteiger partial charge on any atom is -0.356 e. The number of aromatic nitrogens is 2. The minimum absolute atomic E-state index is 0.0997. The van der Waals surface area contributed by atoms with Crippen molar-refractivity contribution in [1.29, 1.82) is 0 Å². The van der Waals surface area contributed by atoms with Gasteiger partial charge in [0.1, 0.15) is 6.04 Å². The van der Waals surface area contributed by atoms with Gasteiger partial charge in [0, 0.05) is 43.2 Å². The molecule has 1 aromatic heterocycles. The van der Waals surface area contributed by atoms with E-state index in [1.54, 1.807) is 54.3 Å². The summed E-state index contributed by atoms with van der Waals surface area (Å²) < 4.78 is 1.56. The van der Waals surface area contributed by atoms with Crippen LogP contribution in [0, 0.1) is 0 Å². The van der Waals surface area contributed by atoms with E-state index in [2.05, 4.69) is 21.0 Å². The van der Waals surface area contributed by atoms with Crippen molar-refractivity contribution >= 4 is 29.1 Å². The summed E-state index contributed by atoms with van der Waals surface area (Å²) in [6.07, 6.45) is 4.43. The Labute approximate surface area is 158 Å². The fraction of sp³-hybridized carbons (Fsp3) is 0.368. The highest BCUT2D eigenvalue weighted by atomic mass is 16.2. The molecule has 0 bridgehead atoms. The molecule has 27 heavy (non-hydrogen) atoms. The molecular formula is C19H25N5O3. The van der Waals surface area contributed by atoms with E-state index in [1.807, 2.05) is 6.92 Å². The summed E-state index contributed by atoms with van der Waals surface area (Å²) in [5.74, 6) is -0.606. The lowest BCUT2D eigenvalue weighted by Crippen LogP contribution is -2.25. The fourth-order valence-electron chi connectivity index (χ4n) is 2.35. The number of nitrogens with one attached hydrogen (secondary N) is 3. The molecule has 3 N–H and O–H groups in total. The molecule has 0 aliphatic rings. The number of anilines is 2. The maximum Gasteiger partial charge on any atom is 0.248 e. The predicted octanol–water partition coefficient (Wildman–Crippen LogP) is 2.33. The normalized spacial score (nSPS) is 11.5. The average Bonchev–Trinajstić information content (AvgIpc) is 3.19. The van der Waals surface area contributed by atoms with Gasteiger partial charge in [-0.3, -0.25) is 19.1 Å². The fourth-order valence-corrected chi connectivity index (χ4v) is 2.35. The Morgan fingerprint density at radius 3 is 2.44 bits per heavy atom. The number of nitrogens with zero attached hydrogens (tertiary/aromatic N) is 2. The van der Waals surface area contributed by atoms with Gasteiger partial charge in [-0.2, -0.15) is 5.10 Å². The van der Waals surface area contributed by atoms with Crippen molar-refractivity contribution in [3.63, 3.8) is 0 Å². The third kappa shape index (κ3) is 6.58. The highest BCUT2D eigenvalue weighted by Crippen LogP contribution is 2.17. The molecule has 0 fully saturated rings. The Morgan fingerprint density at radius 1 is 1.07 bits per heavy atom. The second-order valence-electron chi connectivity index (χ2n) is 6.13. The molecule has 1 unspecified atom stereocenters. The van der Waals surface area contributed by atoms with Crippen LogP contribution in [0.5, 0.6) is 0 Å². The van der Waals surface area contributed by atoms with Crippen molar-refractivity contribution in [2.75, 3.05) is 17.2 Å². The number of carbonyl (C=O) groups is 3. The first-order chi connectivity index (χ1) is 13.0. The zero-order chi connectivity index (χ0) is 19.6. The van der Waals surface area contributed by atoms with Gasteiger partial charge in [-0.05, 0) is 37.6 Å². The van der Waals surface area contributed by atoms with Gasteiger partial charge in [-0.15, -0.1) is 0 Å². The van der Waals surface area contributed by atoms with Crippen LogP contribution in [-0.2, 0) is 14.4 Å². The van der Waals surface area contributed by atoms with Gasteiger partial charge in [-0.1, -0.05) is 13.0 Å². The van der Waals surface area contributed by atoms with Crippen LogP contribution < -0.4 is 16.0 Å². The zero-order valence-electron chi connectivity index (χ0n) is 15.6. The van der Waals surface area contributed by atoms with Gasteiger partial charge in [0.15, 0.2) is 0 Å². The van der Waals surface area contributed by atoms with Crippen molar-refractivity contribution in [1.82, 2.24) is 15.1 Å². The molecule has 8 nitrogen and oxygen atoms in total. The number of benzene rings is 1. The molecule has 144 valence electrons. The van der Waals surface area contributed by atoms with Gasteiger partial charge in [0.2, 0.25) is 17.7 Å². The van der Waals surface area contributed by atoms with Crippen LogP contribution in [0.1, 0.15) is 39.2 Å². The SMILES string of the molecule is CCCNC(=O)CCC(=O)Nc1cccc(NC(=O)C(C)n2cccn2)c1.